The van der Waals surface area contributed by atoms with Gasteiger partial charge in [-0.15, -0.1) is 11.3 Å². The smallest absolute Gasteiger partial charge is 0.203 e. The van der Waals surface area contributed by atoms with E-state index in [1.165, 1.54) is 22.5 Å². The molecule has 1 saturated heterocycles. The molecule has 1 aliphatic heterocycles. The molecular weight excluding hydrogens is 386 g/mol. The van der Waals surface area contributed by atoms with E-state index in [0.717, 1.165) is 35.7 Å². The number of fused-ring (bicyclic) bond motifs is 1. The van der Waals surface area contributed by atoms with Crippen LogP contribution in [0.15, 0.2) is 60.9 Å². The van der Waals surface area contributed by atoms with Crippen LogP contribution in [0.4, 0.5) is 0 Å². The van der Waals surface area contributed by atoms with Crippen molar-refractivity contribution in [3.05, 3.63) is 70.7 Å². The third kappa shape index (κ3) is 3.41. The minimum atomic E-state index is 0.483. The summed E-state index contributed by atoms with van der Waals surface area (Å²) >= 11 is 7.50. The number of aromatic nitrogens is 4. The van der Waals surface area contributed by atoms with E-state index >= 15 is 0 Å². The summed E-state index contributed by atoms with van der Waals surface area (Å²) < 4.78 is 5.89. The van der Waals surface area contributed by atoms with Crippen molar-refractivity contribution >= 4 is 33.8 Å². The lowest BCUT2D eigenvalue weighted by molar-refractivity contribution is 0.156. The molecule has 4 aromatic rings. The highest BCUT2D eigenvalue weighted by Crippen LogP contribution is 2.33. The van der Waals surface area contributed by atoms with E-state index < -0.39 is 0 Å². The third-order valence-electron chi connectivity index (χ3n) is 5.27. The highest BCUT2D eigenvalue weighted by molar-refractivity contribution is 7.71. The largest absolute Gasteiger partial charge is 0.284 e. The van der Waals surface area contributed by atoms with Gasteiger partial charge in [0.2, 0.25) is 4.77 Å². The van der Waals surface area contributed by atoms with Crippen LogP contribution in [0.1, 0.15) is 23.8 Å². The lowest BCUT2D eigenvalue weighted by atomic mass is 9.99. The van der Waals surface area contributed by atoms with Crippen LogP contribution < -0.4 is 0 Å². The lowest BCUT2D eigenvalue weighted by Gasteiger charge is -2.31. The molecule has 1 atom stereocenters. The number of likely N-dealkylation sites (tertiary alicyclic amines) is 1. The van der Waals surface area contributed by atoms with Crippen LogP contribution in [0.2, 0.25) is 0 Å². The molecule has 1 aliphatic rings. The summed E-state index contributed by atoms with van der Waals surface area (Å²) in [7, 11) is 0. The first-order chi connectivity index (χ1) is 13.8. The van der Waals surface area contributed by atoms with Crippen LogP contribution in [0.3, 0.4) is 0 Å². The number of hydrogen-bond donors (Lipinski definition) is 0. The molecule has 3 heterocycles. The summed E-state index contributed by atoms with van der Waals surface area (Å²) in [6.07, 6.45) is 4.18. The maximum absolute atomic E-state index is 5.67. The van der Waals surface area contributed by atoms with Gasteiger partial charge < -0.3 is 0 Å². The second-order valence-corrected chi connectivity index (χ2v) is 8.62. The summed E-state index contributed by atoms with van der Waals surface area (Å²) in [6, 6.07) is 18.5. The Bertz CT molecular complexity index is 1110. The predicted octanol–water partition coefficient (Wildman–Crippen LogP) is 4.85. The third-order valence-corrected chi connectivity index (χ3v) is 6.87. The number of piperidine rings is 1. The van der Waals surface area contributed by atoms with Gasteiger partial charge in [-0.1, -0.05) is 30.3 Å². The van der Waals surface area contributed by atoms with E-state index in [9.17, 15) is 0 Å². The summed E-state index contributed by atoms with van der Waals surface area (Å²) in [5.41, 5.74) is 2.16. The SMILES string of the molecule is S=c1n(-c2ccccc2)cnn1CN1CCC[C@@H](c2nc3ccccc3s2)C1. The Morgan fingerprint density at radius 2 is 1.89 bits per heavy atom. The Hall–Kier alpha value is -2.35. The fourth-order valence-corrected chi connectivity index (χ4v) is 5.19. The Morgan fingerprint density at radius 3 is 2.75 bits per heavy atom. The van der Waals surface area contributed by atoms with Crippen molar-refractivity contribution < 1.29 is 0 Å². The molecule has 0 bridgehead atoms. The standard InChI is InChI=1S/C21H21N5S2/c27-21-25(17-8-2-1-3-9-17)14-22-26(21)15-24-12-6-7-16(13-24)20-23-18-10-4-5-11-19(18)28-20/h1-5,8-11,14,16H,6-7,12-13,15H2/t16-/m1/s1. The van der Waals surface area contributed by atoms with E-state index in [-0.39, 0.29) is 0 Å². The molecule has 0 N–H and O–H groups in total. The zero-order valence-corrected chi connectivity index (χ0v) is 17.1. The quantitative estimate of drug-likeness (QED) is 0.453. The maximum Gasteiger partial charge on any atom is 0.203 e. The highest BCUT2D eigenvalue weighted by Gasteiger charge is 2.24. The Morgan fingerprint density at radius 1 is 1.07 bits per heavy atom. The molecule has 5 rings (SSSR count). The molecule has 0 radical (unpaired) electrons. The fraction of sp³-hybridized carbons (Fsp3) is 0.286. The van der Waals surface area contributed by atoms with Gasteiger partial charge >= 0.3 is 0 Å². The van der Waals surface area contributed by atoms with Gasteiger partial charge in [-0.2, -0.15) is 5.10 Å². The minimum Gasteiger partial charge on any atom is -0.284 e. The topological polar surface area (TPSA) is 38.9 Å². The Labute approximate surface area is 172 Å². The number of rotatable bonds is 4. The molecule has 0 saturated carbocycles. The molecule has 7 heteroatoms. The molecule has 142 valence electrons. The second-order valence-electron chi connectivity index (χ2n) is 7.20. The van der Waals surface area contributed by atoms with Crippen LogP contribution >= 0.6 is 23.6 Å². The molecule has 1 fully saturated rings. The van der Waals surface area contributed by atoms with Crippen molar-refractivity contribution in [1.29, 1.82) is 0 Å². The van der Waals surface area contributed by atoms with Crippen molar-refractivity contribution in [1.82, 2.24) is 24.2 Å². The monoisotopic (exact) mass is 407 g/mol. The van der Waals surface area contributed by atoms with E-state index in [4.69, 9.17) is 17.2 Å². The van der Waals surface area contributed by atoms with Gasteiger partial charge in [0.05, 0.1) is 21.9 Å². The lowest BCUT2D eigenvalue weighted by Crippen LogP contribution is -2.36. The number of hydrogen-bond acceptors (Lipinski definition) is 5. The number of benzene rings is 2. The minimum absolute atomic E-state index is 0.483. The van der Waals surface area contributed by atoms with Gasteiger partial charge in [-0.3, -0.25) is 9.47 Å². The summed E-state index contributed by atoms with van der Waals surface area (Å²) in [6.45, 7) is 2.79. The highest BCUT2D eigenvalue weighted by atomic mass is 32.1. The summed E-state index contributed by atoms with van der Waals surface area (Å²) in [5.74, 6) is 0.483. The first-order valence-corrected chi connectivity index (χ1v) is 10.8. The van der Waals surface area contributed by atoms with Gasteiger partial charge in [0, 0.05) is 18.2 Å². The van der Waals surface area contributed by atoms with E-state index in [2.05, 4.69) is 34.3 Å². The fourth-order valence-electron chi connectivity index (χ4n) is 3.84. The van der Waals surface area contributed by atoms with Crippen LogP contribution in [0, 0.1) is 4.77 Å². The number of nitrogens with zero attached hydrogens (tertiary/aromatic N) is 5. The van der Waals surface area contributed by atoms with Crippen LogP contribution in [0.25, 0.3) is 15.9 Å². The second kappa shape index (κ2) is 7.58. The van der Waals surface area contributed by atoms with Crippen LogP contribution in [-0.4, -0.2) is 37.3 Å². The summed E-state index contributed by atoms with van der Waals surface area (Å²) in [5, 5.41) is 5.79. The molecular formula is C21H21N5S2. The average molecular weight is 408 g/mol. The van der Waals surface area contributed by atoms with Crippen molar-refractivity contribution in [2.45, 2.75) is 25.4 Å². The van der Waals surface area contributed by atoms with Gasteiger partial charge in [0.25, 0.3) is 0 Å². The maximum atomic E-state index is 5.67. The van der Waals surface area contributed by atoms with Crippen molar-refractivity contribution in [2.75, 3.05) is 13.1 Å². The van der Waals surface area contributed by atoms with Gasteiger partial charge in [-0.05, 0) is 55.9 Å². The molecule has 0 spiro atoms. The Balaban J connectivity index is 1.33. The molecule has 2 aromatic carbocycles. The molecule has 5 nitrogen and oxygen atoms in total. The molecule has 2 aromatic heterocycles. The Kier molecular flexibility index (Phi) is 4.80. The zero-order valence-electron chi connectivity index (χ0n) is 15.4. The van der Waals surface area contributed by atoms with Gasteiger partial charge in [0.1, 0.15) is 6.33 Å². The average Bonchev–Trinajstić information content (AvgIpc) is 3.33. The van der Waals surface area contributed by atoms with Crippen molar-refractivity contribution in [2.24, 2.45) is 0 Å². The van der Waals surface area contributed by atoms with Crippen molar-refractivity contribution in [3.8, 4) is 5.69 Å². The van der Waals surface area contributed by atoms with E-state index in [1.54, 1.807) is 0 Å². The predicted molar refractivity (Wildman–Crippen MR) is 116 cm³/mol. The number of para-hydroxylation sites is 2. The normalized spacial score (nSPS) is 17.9. The van der Waals surface area contributed by atoms with Crippen LogP contribution in [-0.2, 0) is 6.67 Å². The molecule has 0 unspecified atom stereocenters. The zero-order chi connectivity index (χ0) is 18.9. The van der Waals surface area contributed by atoms with E-state index in [1.807, 2.05) is 57.2 Å². The summed E-state index contributed by atoms with van der Waals surface area (Å²) in [4.78, 5) is 7.33. The van der Waals surface area contributed by atoms with E-state index in [0.29, 0.717) is 5.92 Å². The molecule has 0 amide bonds. The van der Waals surface area contributed by atoms with Crippen molar-refractivity contribution in [3.63, 3.8) is 0 Å². The molecule has 28 heavy (non-hydrogen) atoms. The van der Waals surface area contributed by atoms with Gasteiger partial charge in [0.15, 0.2) is 0 Å². The first-order valence-electron chi connectivity index (χ1n) is 9.55. The van der Waals surface area contributed by atoms with Crippen LogP contribution in [0.5, 0.6) is 0 Å². The first kappa shape index (κ1) is 17.7. The molecule has 0 aliphatic carbocycles. The number of thiazole rings is 1. The van der Waals surface area contributed by atoms with Gasteiger partial charge in [-0.25, -0.2) is 9.67 Å².